The Labute approximate surface area is 120 Å². The SMILES string of the molecule is Nc1ccc(OCC23CC4CC(CC(C4)C2)C3)cc1N. The molecule has 0 unspecified atom stereocenters. The highest BCUT2D eigenvalue weighted by atomic mass is 16.5. The van der Waals surface area contributed by atoms with Crippen molar-refractivity contribution in [2.24, 2.45) is 23.2 Å². The van der Waals surface area contributed by atoms with Gasteiger partial charge < -0.3 is 16.2 Å². The minimum atomic E-state index is 0.449. The zero-order valence-electron chi connectivity index (χ0n) is 12.0. The van der Waals surface area contributed by atoms with Crippen LogP contribution in [0.2, 0.25) is 0 Å². The Hall–Kier alpha value is -1.38. The van der Waals surface area contributed by atoms with E-state index >= 15 is 0 Å². The van der Waals surface area contributed by atoms with Crippen molar-refractivity contribution in [1.82, 2.24) is 0 Å². The molecule has 20 heavy (non-hydrogen) atoms. The van der Waals surface area contributed by atoms with Crippen molar-refractivity contribution in [3.63, 3.8) is 0 Å². The third kappa shape index (κ3) is 2.04. The van der Waals surface area contributed by atoms with Gasteiger partial charge in [0, 0.05) is 11.5 Å². The standard InChI is InChI=1S/C17H24N2O/c18-15-2-1-14(6-16(15)19)20-10-17-7-11-3-12(8-17)5-13(4-11)9-17/h1-2,6,11-13H,3-5,7-10,18-19H2. The lowest BCUT2D eigenvalue weighted by Crippen LogP contribution is -2.48. The smallest absolute Gasteiger partial charge is 0.121 e. The molecule has 4 N–H and O–H groups in total. The summed E-state index contributed by atoms with van der Waals surface area (Å²) in [7, 11) is 0. The number of benzene rings is 1. The van der Waals surface area contributed by atoms with E-state index in [0.717, 1.165) is 30.1 Å². The fourth-order valence-electron chi connectivity index (χ4n) is 5.35. The van der Waals surface area contributed by atoms with E-state index in [4.69, 9.17) is 16.2 Å². The van der Waals surface area contributed by atoms with Crippen molar-refractivity contribution in [1.29, 1.82) is 0 Å². The second-order valence-corrected chi connectivity index (χ2v) is 7.50. The van der Waals surface area contributed by atoms with Crippen LogP contribution in [0, 0.1) is 23.2 Å². The van der Waals surface area contributed by atoms with E-state index in [1.165, 1.54) is 38.5 Å². The number of rotatable bonds is 3. The van der Waals surface area contributed by atoms with Gasteiger partial charge in [0.2, 0.25) is 0 Å². The molecular formula is C17H24N2O. The minimum absolute atomic E-state index is 0.449. The third-order valence-electron chi connectivity index (χ3n) is 5.77. The van der Waals surface area contributed by atoms with Crippen LogP contribution in [0.3, 0.4) is 0 Å². The van der Waals surface area contributed by atoms with E-state index in [0.29, 0.717) is 16.8 Å². The summed E-state index contributed by atoms with van der Waals surface area (Å²) in [6.07, 6.45) is 8.58. The number of nitrogen functional groups attached to an aromatic ring is 2. The Bertz CT molecular complexity index is 490. The fourth-order valence-corrected chi connectivity index (χ4v) is 5.35. The summed E-state index contributed by atoms with van der Waals surface area (Å²) in [4.78, 5) is 0. The van der Waals surface area contributed by atoms with Gasteiger partial charge in [0.1, 0.15) is 5.75 Å². The first kappa shape index (κ1) is 12.4. The van der Waals surface area contributed by atoms with Crippen molar-refractivity contribution < 1.29 is 4.74 Å². The molecule has 0 spiro atoms. The molecule has 4 bridgehead atoms. The maximum absolute atomic E-state index is 6.09. The van der Waals surface area contributed by atoms with E-state index in [1.54, 1.807) is 0 Å². The van der Waals surface area contributed by atoms with E-state index in [9.17, 15) is 0 Å². The average molecular weight is 272 g/mol. The van der Waals surface area contributed by atoms with Crippen LogP contribution in [-0.2, 0) is 0 Å². The Morgan fingerprint density at radius 2 is 1.55 bits per heavy atom. The van der Waals surface area contributed by atoms with Crippen LogP contribution in [0.5, 0.6) is 5.75 Å². The lowest BCUT2D eigenvalue weighted by Gasteiger charge is -2.56. The molecule has 0 heterocycles. The molecular weight excluding hydrogens is 248 g/mol. The summed E-state index contributed by atoms with van der Waals surface area (Å²) in [6.45, 7) is 0.861. The molecule has 1 aromatic rings. The Morgan fingerprint density at radius 1 is 0.950 bits per heavy atom. The summed E-state index contributed by atoms with van der Waals surface area (Å²) in [5.41, 5.74) is 13.3. The predicted molar refractivity (Wildman–Crippen MR) is 81.4 cm³/mol. The van der Waals surface area contributed by atoms with Gasteiger partial charge in [-0.15, -0.1) is 0 Å². The Kier molecular flexibility index (Phi) is 2.66. The van der Waals surface area contributed by atoms with Gasteiger partial charge in [-0.05, 0) is 68.4 Å². The molecule has 0 amide bonds. The van der Waals surface area contributed by atoms with E-state index in [2.05, 4.69) is 0 Å². The van der Waals surface area contributed by atoms with Gasteiger partial charge in [-0.1, -0.05) is 0 Å². The zero-order chi connectivity index (χ0) is 13.7. The molecule has 1 aromatic carbocycles. The van der Waals surface area contributed by atoms with Gasteiger partial charge in [0.15, 0.2) is 0 Å². The lowest BCUT2D eigenvalue weighted by molar-refractivity contribution is -0.0745. The largest absolute Gasteiger partial charge is 0.493 e. The molecule has 3 nitrogen and oxygen atoms in total. The summed E-state index contributed by atoms with van der Waals surface area (Å²) >= 11 is 0. The second-order valence-electron chi connectivity index (χ2n) is 7.50. The first-order valence-corrected chi connectivity index (χ1v) is 7.90. The lowest BCUT2D eigenvalue weighted by atomic mass is 9.50. The first-order chi connectivity index (χ1) is 9.62. The van der Waals surface area contributed by atoms with Crippen molar-refractivity contribution in [3.05, 3.63) is 18.2 Å². The molecule has 0 radical (unpaired) electrons. The number of nitrogens with two attached hydrogens (primary N) is 2. The maximum Gasteiger partial charge on any atom is 0.121 e. The van der Waals surface area contributed by atoms with Crippen molar-refractivity contribution in [2.45, 2.75) is 38.5 Å². The van der Waals surface area contributed by atoms with Crippen molar-refractivity contribution in [2.75, 3.05) is 18.1 Å². The van der Waals surface area contributed by atoms with Gasteiger partial charge in [0.25, 0.3) is 0 Å². The summed E-state index contributed by atoms with van der Waals surface area (Å²) < 4.78 is 6.09. The Morgan fingerprint density at radius 3 is 2.10 bits per heavy atom. The minimum Gasteiger partial charge on any atom is -0.493 e. The molecule has 0 aromatic heterocycles. The monoisotopic (exact) mass is 272 g/mol. The van der Waals surface area contributed by atoms with E-state index < -0.39 is 0 Å². The highest BCUT2D eigenvalue weighted by molar-refractivity contribution is 5.65. The van der Waals surface area contributed by atoms with Crippen LogP contribution in [0.1, 0.15) is 38.5 Å². The predicted octanol–water partition coefficient (Wildman–Crippen LogP) is 3.45. The highest BCUT2D eigenvalue weighted by Crippen LogP contribution is 2.60. The van der Waals surface area contributed by atoms with Gasteiger partial charge >= 0.3 is 0 Å². The number of hydrogen-bond acceptors (Lipinski definition) is 3. The molecule has 3 heteroatoms. The highest BCUT2D eigenvalue weighted by Gasteiger charge is 2.51. The second kappa shape index (κ2) is 4.31. The van der Waals surface area contributed by atoms with Crippen LogP contribution < -0.4 is 16.2 Å². The summed E-state index contributed by atoms with van der Waals surface area (Å²) in [5.74, 6) is 3.79. The first-order valence-electron chi connectivity index (χ1n) is 7.90. The normalized spacial score (nSPS) is 38.1. The van der Waals surface area contributed by atoms with Crippen molar-refractivity contribution in [3.8, 4) is 5.75 Å². The van der Waals surface area contributed by atoms with E-state index in [-0.39, 0.29) is 0 Å². The van der Waals surface area contributed by atoms with Crippen LogP contribution in [0.4, 0.5) is 11.4 Å². The quantitative estimate of drug-likeness (QED) is 0.828. The number of ether oxygens (including phenoxy) is 1. The van der Waals surface area contributed by atoms with Gasteiger partial charge in [-0.25, -0.2) is 0 Å². The topological polar surface area (TPSA) is 61.3 Å². The molecule has 4 aliphatic carbocycles. The van der Waals surface area contributed by atoms with Crippen LogP contribution in [-0.4, -0.2) is 6.61 Å². The van der Waals surface area contributed by atoms with Gasteiger partial charge in [0.05, 0.1) is 18.0 Å². The molecule has 4 saturated carbocycles. The maximum atomic E-state index is 6.09. The van der Waals surface area contributed by atoms with Crippen LogP contribution >= 0.6 is 0 Å². The van der Waals surface area contributed by atoms with Crippen LogP contribution in [0.25, 0.3) is 0 Å². The Balaban J connectivity index is 1.47. The fraction of sp³-hybridized carbons (Fsp3) is 0.647. The number of hydrogen-bond donors (Lipinski definition) is 2. The molecule has 4 fully saturated rings. The summed E-state index contributed by atoms with van der Waals surface area (Å²) in [5, 5.41) is 0. The molecule has 108 valence electrons. The molecule has 5 rings (SSSR count). The summed E-state index contributed by atoms with van der Waals surface area (Å²) in [6, 6.07) is 5.63. The molecule has 4 aliphatic rings. The molecule has 0 aliphatic heterocycles. The van der Waals surface area contributed by atoms with Crippen LogP contribution in [0.15, 0.2) is 18.2 Å². The average Bonchev–Trinajstić information content (AvgIpc) is 2.39. The molecule has 0 saturated heterocycles. The van der Waals surface area contributed by atoms with E-state index in [1.807, 2.05) is 18.2 Å². The molecule has 0 atom stereocenters. The number of anilines is 2. The van der Waals surface area contributed by atoms with Crippen molar-refractivity contribution >= 4 is 11.4 Å². The van der Waals surface area contributed by atoms with Gasteiger partial charge in [-0.3, -0.25) is 0 Å². The third-order valence-corrected chi connectivity index (χ3v) is 5.77. The van der Waals surface area contributed by atoms with Gasteiger partial charge in [-0.2, -0.15) is 0 Å². The zero-order valence-corrected chi connectivity index (χ0v) is 12.0.